The number of rotatable bonds is 6. The molecule has 1 N–H and O–H groups in total. The van der Waals surface area contributed by atoms with E-state index in [0.29, 0.717) is 6.54 Å². The fourth-order valence-electron chi connectivity index (χ4n) is 2.78. The van der Waals surface area contributed by atoms with Gasteiger partial charge in [0.15, 0.2) is 6.10 Å². The lowest BCUT2D eigenvalue weighted by molar-refractivity contribution is -0.155. The topological polar surface area (TPSA) is 82.3 Å². The van der Waals surface area contributed by atoms with Crippen molar-refractivity contribution in [2.24, 2.45) is 0 Å². The van der Waals surface area contributed by atoms with Crippen LogP contribution in [-0.4, -0.2) is 32.7 Å². The van der Waals surface area contributed by atoms with Crippen LogP contribution in [-0.2, 0) is 27.4 Å². The zero-order chi connectivity index (χ0) is 19.5. The van der Waals surface area contributed by atoms with Crippen LogP contribution in [0.25, 0.3) is 11.0 Å². The van der Waals surface area contributed by atoms with Crippen molar-refractivity contribution >= 4 is 22.9 Å². The highest BCUT2D eigenvalue weighted by Crippen LogP contribution is 2.13. The van der Waals surface area contributed by atoms with Crippen molar-refractivity contribution in [3.05, 3.63) is 34.7 Å². The first-order valence-corrected chi connectivity index (χ1v) is 8.83. The molecule has 1 aromatic carbocycles. The maximum atomic E-state index is 12.5. The predicted molar refractivity (Wildman–Crippen MR) is 99.9 cm³/mol. The number of amides is 1. The SMILES string of the molecule is CCn1c(=O)n(CCC(=O)OC(C)C(=O)NC(C)(C)C)c2ccccc21. The number of ether oxygens (including phenoxy) is 1. The van der Waals surface area contributed by atoms with Gasteiger partial charge in [-0.3, -0.25) is 18.7 Å². The number of para-hydroxylation sites is 2. The monoisotopic (exact) mass is 361 g/mol. The van der Waals surface area contributed by atoms with E-state index in [2.05, 4.69) is 5.32 Å². The molecule has 0 aliphatic rings. The highest BCUT2D eigenvalue weighted by atomic mass is 16.5. The summed E-state index contributed by atoms with van der Waals surface area (Å²) in [5.41, 5.74) is 1.07. The highest BCUT2D eigenvalue weighted by Gasteiger charge is 2.22. The van der Waals surface area contributed by atoms with Crippen LogP contribution in [0.2, 0.25) is 0 Å². The molecule has 1 heterocycles. The van der Waals surface area contributed by atoms with Gasteiger partial charge < -0.3 is 10.1 Å². The standard InChI is InChI=1S/C19H27N3O4/c1-6-21-14-9-7-8-10-15(14)22(18(21)25)12-11-16(23)26-13(2)17(24)20-19(3,4)5/h7-10,13H,6,11-12H2,1-5H3,(H,20,24). The lowest BCUT2D eigenvalue weighted by Gasteiger charge is -2.23. The number of fused-ring (bicyclic) bond motifs is 1. The molecule has 0 aliphatic heterocycles. The zero-order valence-electron chi connectivity index (χ0n) is 16.0. The lowest BCUT2D eigenvalue weighted by Crippen LogP contribution is -2.46. The molecule has 0 radical (unpaired) electrons. The molecule has 2 rings (SSSR count). The van der Waals surface area contributed by atoms with E-state index in [4.69, 9.17) is 4.74 Å². The molecule has 142 valence electrons. The number of aryl methyl sites for hydroxylation is 2. The minimum atomic E-state index is -0.879. The molecule has 0 saturated carbocycles. The molecular weight excluding hydrogens is 334 g/mol. The summed E-state index contributed by atoms with van der Waals surface area (Å²) in [5, 5.41) is 2.77. The van der Waals surface area contributed by atoms with Gasteiger partial charge in [-0.15, -0.1) is 0 Å². The third kappa shape index (κ3) is 4.53. The normalized spacial score (nSPS) is 12.8. The molecule has 0 fully saturated rings. The molecule has 26 heavy (non-hydrogen) atoms. The van der Waals surface area contributed by atoms with Gasteiger partial charge in [0.05, 0.1) is 17.5 Å². The number of nitrogens with zero attached hydrogens (tertiary/aromatic N) is 2. The van der Waals surface area contributed by atoms with E-state index < -0.39 is 17.6 Å². The molecule has 0 bridgehead atoms. The van der Waals surface area contributed by atoms with Crippen LogP contribution in [0.5, 0.6) is 0 Å². The first-order chi connectivity index (χ1) is 12.1. The average molecular weight is 361 g/mol. The molecule has 2 aromatic rings. The molecule has 1 unspecified atom stereocenters. The van der Waals surface area contributed by atoms with Crippen molar-refractivity contribution in [1.82, 2.24) is 14.5 Å². The predicted octanol–water partition coefficient (Wildman–Crippen LogP) is 2.06. The average Bonchev–Trinajstić information content (AvgIpc) is 2.82. The van der Waals surface area contributed by atoms with Crippen molar-refractivity contribution < 1.29 is 14.3 Å². The Balaban J connectivity index is 2.04. The second kappa shape index (κ2) is 7.76. The zero-order valence-corrected chi connectivity index (χ0v) is 16.0. The van der Waals surface area contributed by atoms with Crippen LogP contribution < -0.4 is 11.0 Å². The maximum absolute atomic E-state index is 12.5. The number of nitrogens with one attached hydrogen (secondary N) is 1. The highest BCUT2D eigenvalue weighted by molar-refractivity contribution is 5.84. The lowest BCUT2D eigenvalue weighted by atomic mass is 10.1. The molecule has 1 aromatic heterocycles. The number of benzene rings is 1. The third-order valence-electron chi connectivity index (χ3n) is 3.96. The molecule has 0 spiro atoms. The Morgan fingerprint density at radius 3 is 2.27 bits per heavy atom. The summed E-state index contributed by atoms with van der Waals surface area (Å²) in [6.07, 6.45) is -0.861. The van der Waals surface area contributed by atoms with E-state index in [9.17, 15) is 14.4 Å². The second-order valence-electron chi connectivity index (χ2n) is 7.29. The Morgan fingerprint density at radius 2 is 1.73 bits per heavy atom. The summed E-state index contributed by atoms with van der Waals surface area (Å²) >= 11 is 0. The number of imidazole rings is 1. The van der Waals surface area contributed by atoms with E-state index >= 15 is 0 Å². The van der Waals surface area contributed by atoms with E-state index in [1.54, 1.807) is 9.13 Å². The van der Waals surface area contributed by atoms with Crippen molar-refractivity contribution in [3.8, 4) is 0 Å². The van der Waals surface area contributed by atoms with Crippen molar-refractivity contribution in [2.75, 3.05) is 0 Å². The summed E-state index contributed by atoms with van der Waals surface area (Å²) in [6, 6.07) is 7.47. The Hall–Kier alpha value is -2.57. The van der Waals surface area contributed by atoms with Gasteiger partial charge in [-0.2, -0.15) is 0 Å². The largest absolute Gasteiger partial charge is 0.452 e. The summed E-state index contributed by atoms with van der Waals surface area (Å²) < 4.78 is 8.43. The quantitative estimate of drug-likeness (QED) is 0.799. The number of esters is 1. The number of aromatic nitrogens is 2. The van der Waals surface area contributed by atoms with Gasteiger partial charge in [-0.1, -0.05) is 12.1 Å². The van der Waals surface area contributed by atoms with Crippen molar-refractivity contribution in [2.45, 2.75) is 65.8 Å². The molecular formula is C19H27N3O4. The molecule has 0 saturated heterocycles. The van der Waals surface area contributed by atoms with Gasteiger partial charge in [0, 0.05) is 18.6 Å². The number of carbonyl (C=O) groups excluding carboxylic acids is 2. The van der Waals surface area contributed by atoms with E-state index in [-0.39, 0.29) is 24.6 Å². The second-order valence-corrected chi connectivity index (χ2v) is 7.29. The van der Waals surface area contributed by atoms with Crippen molar-refractivity contribution in [3.63, 3.8) is 0 Å². The summed E-state index contributed by atoms with van der Waals surface area (Å²) in [5.74, 6) is -0.854. The van der Waals surface area contributed by atoms with Gasteiger partial charge >= 0.3 is 11.7 Å². The fraction of sp³-hybridized carbons (Fsp3) is 0.526. The number of carbonyl (C=O) groups is 2. The summed E-state index contributed by atoms with van der Waals surface area (Å²) in [4.78, 5) is 36.6. The molecule has 7 nitrogen and oxygen atoms in total. The minimum Gasteiger partial charge on any atom is -0.452 e. The minimum absolute atomic E-state index is 0.0186. The first-order valence-electron chi connectivity index (χ1n) is 8.83. The molecule has 0 aliphatic carbocycles. The number of hydrogen-bond donors (Lipinski definition) is 1. The molecule has 1 atom stereocenters. The van der Waals surface area contributed by atoms with E-state index in [0.717, 1.165) is 11.0 Å². The van der Waals surface area contributed by atoms with E-state index in [1.165, 1.54) is 6.92 Å². The van der Waals surface area contributed by atoms with Crippen LogP contribution in [0.1, 0.15) is 41.0 Å². The third-order valence-corrected chi connectivity index (χ3v) is 3.96. The van der Waals surface area contributed by atoms with Gasteiger partial charge in [0.1, 0.15) is 0 Å². The molecule has 7 heteroatoms. The summed E-state index contributed by atoms with van der Waals surface area (Å²) in [7, 11) is 0. The Morgan fingerprint density at radius 1 is 1.15 bits per heavy atom. The summed E-state index contributed by atoms with van der Waals surface area (Å²) in [6.45, 7) is 9.77. The smallest absolute Gasteiger partial charge is 0.329 e. The van der Waals surface area contributed by atoms with Gasteiger partial charge in [0.25, 0.3) is 5.91 Å². The van der Waals surface area contributed by atoms with Gasteiger partial charge in [0.2, 0.25) is 0 Å². The Labute approximate surface area is 152 Å². The van der Waals surface area contributed by atoms with Crippen LogP contribution in [0.3, 0.4) is 0 Å². The van der Waals surface area contributed by atoms with E-state index in [1.807, 2.05) is 52.0 Å². The Kier molecular flexibility index (Phi) is 5.90. The van der Waals surface area contributed by atoms with Crippen LogP contribution >= 0.6 is 0 Å². The van der Waals surface area contributed by atoms with Crippen LogP contribution in [0.4, 0.5) is 0 Å². The first kappa shape index (κ1) is 19.8. The van der Waals surface area contributed by atoms with Crippen LogP contribution in [0.15, 0.2) is 29.1 Å². The van der Waals surface area contributed by atoms with Crippen molar-refractivity contribution in [1.29, 1.82) is 0 Å². The van der Waals surface area contributed by atoms with Gasteiger partial charge in [-0.25, -0.2) is 4.79 Å². The van der Waals surface area contributed by atoms with Gasteiger partial charge in [-0.05, 0) is 46.8 Å². The fourth-order valence-corrected chi connectivity index (χ4v) is 2.78. The maximum Gasteiger partial charge on any atom is 0.329 e. The Bertz CT molecular complexity index is 858. The van der Waals surface area contributed by atoms with Crippen LogP contribution in [0, 0.1) is 0 Å². The number of hydrogen-bond acceptors (Lipinski definition) is 4. The molecule has 1 amide bonds.